The average Bonchev–Trinajstić information content (AvgIpc) is 3.31. The molecule has 3 aromatic rings. The molecule has 0 saturated heterocycles. The molecule has 0 radical (unpaired) electrons. The van der Waals surface area contributed by atoms with Gasteiger partial charge in [0.1, 0.15) is 23.3 Å². The Morgan fingerprint density at radius 3 is 2.96 bits per heavy atom. The second-order valence-corrected chi connectivity index (χ2v) is 5.95. The molecule has 0 unspecified atom stereocenters. The third-order valence-electron chi connectivity index (χ3n) is 4.21. The Morgan fingerprint density at radius 2 is 2.17 bits per heavy atom. The summed E-state index contributed by atoms with van der Waals surface area (Å²) in [5.41, 5.74) is 2.30. The van der Waals surface area contributed by atoms with Gasteiger partial charge in [0, 0.05) is 12.6 Å². The molecule has 2 heterocycles. The van der Waals surface area contributed by atoms with E-state index in [4.69, 9.17) is 4.52 Å². The van der Waals surface area contributed by atoms with Crippen LogP contribution in [0.1, 0.15) is 24.1 Å². The van der Waals surface area contributed by atoms with Gasteiger partial charge in [-0.25, -0.2) is 9.37 Å². The molecule has 0 amide bonds. The van der Waals surface area contributed by atoms with E-state index in [0.29, 0.717) is 11.8 Å². The smallest absolute Gasteiger partial charge is 0.263 e. The van der Waals surface area contributed by atoms with Crippen molar-refractivity contribution in [3.05, 3.63) is 47.7 Å². The standard InChI is InChI=1S/C17H17FN4O/c1-11-15-16(19-10-20-17(15)23-21-11)22(14-5-6-14)8-7-12-3-2-4-13(18)9-12/h2-4,9-10,14H,5-8H2,1H3. The SMILES string of the molecule is Cc1noc2ncnc(N(CCc3cccc(F)c3)C3CC3)c12. The van der Waals surface area contributed by atoms with Gasteiger partial charge in [-0.1, -0.05) is 17.3 Å². The van der Waals surface area contributed by atoms with E-state index in [-0.39, 0.29) is 5.82 Å². The molecule has 1 aliphatic rings. The summed E-state index contributed by atoms with van der Waals surface area (Å²) in [6.07, 6.45) is 4.59. The van der Waals surface area contributed by atoms with Gasteiger partial charge in [0.25, 0.3) is 5.71 Å². The fourth-order valence-corrected chi connectivity index (χ4v) is 2.91. The van der Waals surface area contributed by atoms with Crippen LogP contribution in [0.4, 0.5) is 10.2 Å². The summed E-state index contributed by atoms with van der Waals surface area (Å²) in [6.45, 7) is 2.68. The Balaban J connectivity index is 1.64. The molecule has 1 aliphatic carbocycles. The number of anilines is 1. The van der Waals surface area contributed by atoms with Crippen molar-refractivity contribution in [3.63, 3.8) is 0 Å². The Kier molecular flexibility index (Phi) is 3.44. The molecule has 2 aromatic heterocycles. The summed E-state index contributed by atoms with van der Waals surface area (Å²) in [7, 11) is 0. The highest BCUT2D eigenvalue weighted by Crippen LogP contribution is 2.35. The molecule has 118 valence electrons. The highest BCUT2D eigenvalue weighted by molar-refractivity contribution is 5.88. The summed E-state index contributed by atoms with van der Waals surface area (Å²) in [5.74, 6) is 0.674. The second kappa shape index (κ2) is 5.61. The lowest BCUT2D eigenvalue weighted by atomic mass is 10.1. The van der Waals surface area contributed by atoms with Gasteiger partial charge in [0.15, 0.2) is 0 Å². The Morgan fingerprint density at radius 1 is 1.30 bits per heavy atom. The van der Waals surface area contributed by atoms with Crippen LogP contribution in [0.5, 0.6) is 0 Å². The van der Waals surface area contributed by atoms with Gasteiger partial charge in [-0.15, -0.1) is 0 Å². The van der Waals surface area contributed by atoms with E-state index in [9.17, 15) is 4.39 Å². The van der Waals surface area contributed by atoms with Crippen molar-refractivity contribution in [1.29, 1.82) is 0 Å². The molecule has 1 aromatic carbocycles. The lowest BCUT2D eigenvalue weighted by Crippen LogP contribution is -2.29. The Labute approximate surface area is 133 Å². The molecule has 0 atom stereocenters. The Hall–Kier alpha value is -2.50. The lowest BCUT2D eigenvalue weighted by Gasteiger charge is -2.24. The minimum absolute atomic E-state index is 0.195. The fourth-order valence-electron chi connectivity index (χ4n) is 2.91. The van der Waals surface area contributed by atoms with E-state index in [1.54, 1.807) is 12.1 Å². The molecule has 0 spiro atoms. The van der Waals surface area contributed by atoms with Crippen LogP contribution in [0, 0.1) is 12.7 Å². The maximum atomic E-state index is 13.4. The number of hydrogen-bond acceptors (Lipinski definition) is 5. The van der Waals surface area contributed by atoms with Crippen LogP contribution in [-0.4, -0.2) is 27.7 Å². The molecular formula is C17H17FN4O. The maximum Gasteiger partial charge on any atom is 0.263 e. The number of aromatic nitrogens is 3. The van der Waals surface area contributed by atoms with Crippen molar-refractivity contribution in [1.82, 2.24) is 15.1 Å². The highest BCUT2D eigenvalue weighted by atomic mass is 19.1. The van der Waals surface area contributed by atoms with Gasteiger partial charge < -0.3 is 9.42 Å². The van der Waals surface area contributed by atoms with Gasteiger partial charge >= 0.3 is 0 Å². The van der Waals surface area contributed by atoms with Gasteiger partial charge in [0.2, 0.25) is 0 Å². The van der Waals surface area contributed by atoms with Gasteiger partial charge in [-0.3, -0.25) is 0 Å². The van der Waals surface area contributed by atoms with Gasteiger partial charge in [-0.05, 0) is 43.9 Å². The third-order valence-corrected chi connectivity index (χ3v) is 4.21. The predicted molar refractivity (Wildman–Crippen MR) is 84.8 cm³/mol. The molecule has 23 heavy (non-hydrogen) atoms. The minimum Gasteiger partial charge on any atom is -0.353 e. The largest absolute Gasteiger partial charge is 0.353 e. The van der Waals surface area contributed by atoms with E-state index < -0.39 is 0 Å². The number of hydrogen-bond donors (Lipinski definition) is 0. The summed E-state index contributed by atoms with van der Waals surface area (Å²) in [5, 5.41) is 4.87. The highest BCUT2D eigenvalue weighted by Gasteiger charge is 2.31. The quantitative estimate of drug-likeness (QED) is 0.723. The van der Waals surface area contributed by atoms with Gasteiger partial charge in [-0.2, -0.15) is 4.98 Å². The molecule has 6 heteroatoms. The number of aryl methyl sites for hydroxylation is 1. The zero-order chi connectivity index (χ0) is 15.8. The third kappa shape index (κ3) is 2.76. The van der Waals surface area contributed by atoms with E-state index in [1.165, 1.54) is 12.4 Å². The number of halogens is 1. The van der Waals surface area contributed by atoms with E-state index in [1.807, 2.05) is 13.0 Å². The molecular weight excluding hydrogens is 295 g/mol. The molecule has 5 nitrogen and oxygen atoms in total. The molecule has 1 saturated carbocycles. The zero-order valence-corrected chi connectivity index (χ0v) is 12.9. The zero-order valence-electron chi connectivity index (χ0n) is 12.9. The topological polar surface area (TPSA) is 55.1 Å². The molecule has 4 rings (SSSR count). The van der Waals surface area contributed by atoms with E-state index >= 15 is 0 Å². The molecule has 0 bridgehead atoms. The van der Waals surface area contributed by atoms with Crippen LogP contribution < -0.4 is 4.90 Å². The monoisotopic (exact) mass is 312 g/mol. The van der Waals surface area contributed by atoms with Crippen LogP contribution >= 0.6 is 0 Å². The lowest BCUT2D eigenvalue weighted by molar-refractivity contribution is 0.442. The number of nitrogens with zero attached hydrogens (tertiary/aromatic N) is 4. The first-order chi connectivity index (χ1) is 11.2. The molecule has 1 fully saturated rings. The van der Waals surface area contributed by atoms with Crippen LogP contribution in [0.15, 0.2) is 35.1 Å². The summed E-state index contributed by atoms with van der Waals surface area (Å²) >= 11 is 0. The van der Waals surface area contributed by atoms with Crippen LogP contribution in [0.25, 0.3) is 11.1 Å². The second-order valence-electron chi connectivity index (χ2n) is 5.95. The van der Waals surface area contributed by atoms with Crippen molar-refractivity contribution < 1.29 is 8.91 Å². The van der Waals surface area contributed by atoms with Crippen molar-refractivity contribution in [2.45, 2.75) is 32.2 Å². The predicted octanol–water partition coefficient (Wildman–Crippen LogP) is 3.28. The van der Waals surface area contributed by atoms with Crippen molar-refractivity contribution in [2.75, 3.05) is 11.4 Å². The molecule has 0 N–H and O–H groups in total. The van der Waals surface area contributed by atoms with Crippen LogP contribution in [-0.2, 0) is 6.42 Å². The fraction of sp³-hybridized carbons (Fsp3) is 0.353. The summed E-state index contributed by atoms with van der Waals surface area (Å²) in [6, 6.07) is 7.24. The minimum atomic E-state index is -0.195. The van der Waals surface area contributed by atoms with Crippen molar-refractivity contribution >= 4 is 16.9 Å². The summed E-state index contributed by atoms with van der Waals surface area (Å²) < 4.78 is 18.6. The number of rotatable bonds is 5. The van der Waals surface area contributed by atoms with Crippen molar-refractivity contribution in [2.24, 2.45) is 0 Å². The summed E-state index contributed by atoms with van der Waals surface area (Å²) in [4.78, 5) is 10.9. The first kappa shape index (κ1) is 14.1. The van der Waals surface area contributed by atoms with E-state index in [2.05, 4.69) is 20.0 Å². The van der Waals surface area contributed by atoms with Crippen molar-refractivity contribution in [3.8, 4) is 0 Å². The Bertz CT molecular complexity index is 843. The average molecular weight is 312 g/mol. The normalized spacial score (nSPS) is 14.3. The van der Waals surface area contributed by atoms with E-state index in [0.717, 1.165) is 48.3 Å². The van der Waals surface area contributed by atoms with Gasteiger partial charge in [0.05, 0.1) is 5.69 Å². The number of fused-ring (bicyclic) bond motifs is 1. The maximum absolute atomic E-state index is 13.4. The first-order valence-corrected chi connectivity index (χ1v) is 7.80. The van der Waals surface area contributed by atoms with Crippen LogP contribution in [0.3, 0.4) is 0 Å². The van der Waals surface area contributed by atoms with Crippen LogP contribution in [0.2, 0.25) is 0 Å². The number of benzene rings is 1. The first-order valence-electron chi connectivity index (χ1n) is 7.80. The molecule has 0 aliphatic heterocycles.